The molecule has 9 heteroatoms. The smallest absolute Gasteiger partial charge is 1.00 e. The van der Waals surface area contributed by atoms with Crippen molar-refractivity contribution in [1.29, 1.82) is 0 Å². The Morgan fingerprint density at radius 2 is 2.16 bits per heavy atom. The molecule has 0 bridgehead atoms. The number of fused-ring (bicyclic) bond motifs is 1. The Kier molecular flexibility index (Phi) is 6.08. The number of nitrogens with zero attached hydrogens (tertiary/aromatic N) is 2. The average Bonchev–Trinajstić information content (AvgIpc) is 2.74. The van der Waals surface area contributed by atoms with Gasteiger partial charge in [0, 0.05) is 25.7 Å². The van der Waals surface area contributed by atoms with Crippen molar-refractivity contribution in [2.24, 2.45) is 5.92 Å². The zero-order valence-corrected chi connectivity index (χ0v) is 12.9. The van der Waals surface area contributed by atoms with E-state index in [0.717, 1.165) is 0 Å². The molecule has 0 amide bonds. The van der Waals surface area contributed by atoms with Crippen LogP contribution in [0.1, 0.15) is 7.85 Å². The molecular weight excluding hydrogens is 261 g/mol. The van der Waals surface area contributed by atoms with Gasteiger partial charge in [-0.3, -0.25) is 9.78 Å². The van der Waals surface area contributed by atoms with E-state index in [1.807, 2.05) is 4.90 Å². The van der Waals surface area contributed by atoms with Gasteiger partial charge in [-0.1, -0.05) is 0 Å². The van der Waals surface area contributed by atoms with E-state index in [4.69, 9.17) is 15.9 Å². The molecule has 0 spiro atoms. The molecule has 0 unspecified atom stereocenters. The standard InChI is InChI=1S/C10H17N5O3.Na.H/c11-10-13-8-7(9(18)14-10)12-5-15(8)2-1-6(3-16)4-17;;/h6,12,16-17H,1-5H2,(H3,11,13,14,18);;/q;+1;-1. The average molecular weight is 279 g/mol. The van der Waals surface area contributed by atoms with Gasteiger partial charge in [-0.2, -0.15) is 4.98 Å². The number of aliphatic hydroxyl groups excluding tert-OH is 2. The summed E-state index contributed by atoms with van der Waals surface area (Å²) in [6.07, 6.45) is 0.614. The second-order valence-corrected chi connectivity index (χ2v) is 4.27. The molecule has 0 saturated heterocycles. The Morgan fingerprint density at radius 1 is 1.47 bits per heavy atom. The van der Waals surface area contributed by atoms with Crippen molar-refractivity contribution in [1.82, 2.24) is 9.97 Å². The summed E-state index contributed by atoms with van der Waals surface area (Å²) in [7, 11) is 0. The molecule has 0 atom stereocenters. The van der Waals surface area contributed by atoms with E-state index in [1.54, 1.807) is 0 Å². The number of nitrogen functional groups attached to an aromatic ring is 1. The van der Waals surface area contributed by atoms with Crippen LogP contribution in [0.25, 0.3) is 0 Å². The molecule has 2 rings (SSSR count). The van der Waals surface area contributed by atoms with E-state index >= 15 is 0 Å². The van der Waals surface area contributed by atoms with E-state index in [0.29, 0.717) is 31.1 Å². The van der Waals surface area contributed by atoms with Gasteiger partial charge in [0.15, 0.2) is 5.82 Å². The number of hydrogen-bond acceptors (Lipinski definition) is 7. The van der Waals surface area contributed by atoms with Crippen molar-refractivity contribution in [2.75, 3.05) is 42.4 Å². The molecule has 1 aromatic heterocycles. The molecule has 102 valence electrons. The Hall–Kier alpha value is -0.800. The molecule has 1 aliphatic heterocycles. The predicted octanol–water partition coefficient (Wildman–Crippen LogP) is -4.35. The fraction of sp³-hybridized carbons (Fsp3) is 0.600. The molecule has 0 aromatic carbocycles. The molecule has 0 fully saturated rings. The van der Waals surface area contributed by atoms with Gasteiger partial charge in [0.25, 0.3) is 5.56 Å². The first-order chi connectivity index (χ1) is 8.65. The van der Waals surface area contributed by atoms with Crippen LogP contribution < -0.4 is 51.1 Å². The molecule has 0 saturated carbocycles. The first-order valence-electron chi connectivity index (χ1n) is 5.76. The van der Waals surface area contributed by atoms with Gasteiger partial charge in [0.1, 0.15) is 5.69 Å². The minimum absolute atomic E-state index is 0. The fourth-order valence-corrected chi connectivity index (χ4v) is 1.88. The molecular formula is C10H18N5NaO3. The zero-order chi connectivity index (χ0) is 13.1. The van der Waals surface area contributed by atoms with Gasteiger partial charge in [0.2, 0.25) is 5.95 Å². The largest absolute Gasteiger partial charge is 1.00 e. The third-order valence-corrected chi connectivity index (χ3v) is 2.99. The summed E-state index contributed by atoms with van der Waals surface area (Å²) in [5.41, 5.74) is 5.62. The third-order valence-electron chi connectivity index (χ3n) is 2.99. The normalized spacial score (nSPS) is 13.1. The fourth-order valence-electron chi connectivity index (χ4n) is 1.88. The number of rotatable bonds is 5. The molecule has 1 aliphatic rings. The molecule has 2 heterocycles. The number of aliphatic hydroxyl groups is 2. The van der Waals surface area contributed by atoms with E-state index in [1.165, 1.54) is 0 Å². The summed E-state index contributed by atoms with van der Waals surface area (Å²) in [5, 5.41) is 20.9. The second kappa shape index (κ2) is 7.11. The SMILES string of the molecule is Nc1nc2c(c(=O)[nH]1)NCN2CCC(CO)CO.[H-].[Na+]. The summed E-state index contributed by atoms with van der Waals surface area (Å²) in [6, 6.07) is 0. The Morgan fingerprint density at radius 3 is 2.79 bits per heavy atom. The number of anilines is 3. The molecule has 8 nitrogen and oxygen atoms in total. The first-order valence-corrected chi connectivity index (χ1v) is 5.76. The minimum Gasteiger partial charge on any atom is -1.00 e. The van der Waals surface area contributed by atoms with Crippen molar-refractivity contribution in [3.63, 3.8) is 0 Å². The Balaban J connectivity index is 0.00000180. The predicted molar refractivity (Wildman–Crippen MR) is 68.5 cm³/mol. The van der Waals surface area contributed by atoms with Gasteiger partial charge in [-0.25, -0.2) is 0 Å². The van der Waals surface area contributed by atoms with Crippen LogP contribution in [0.5, 0.6) is 0 Å². The topological polar surface area (TPSA) is 128 Å². The summed E-state index contributed by atoms with van der Waals surface area (Å²) in [5.74, 6) is 0.438. The van der Waals surface area contributed by atoms with Crippen molar-refractivity contribution >= 4 is 17.5 Å². The number of aromatic amines is 1. The molecule has 0 aliphatic carbocycles. The maximum atomic E-state index is 11.6. The van der Waals surface area contributed by atoms with E-state index in [-0.39, 0.29) is 61.6 Å². The Bertz CT molecular complexity index is 482. The van der Waals surface area contributed by atoms with Crippen LogP contribution in [0.4, 0.5) is 17.5 Å². The van der Waals surface area contributed by atoms with Crippen molar-refractivity contribution in [3.05, 3.63) is 10.4 Å². The number of nitrogens with one attached hydrogen (secondary N) is 2. The van der Waals surface area contributed by atoms with Crippen LogP contribution in [0, 0.1) is 5.92 Å². The summed E-state index contributed by atoms with van der Waals surface area (Å²) in [6.45, 7) is 0.936. The maximum absolute atomic E-state index is 11.6. The summed E-state index contributed by atoms with van der Waals surface area (Å²) >= 11 is 0. The van der Waals surface area contributed by atoms with Gasteiger partial charge in [0.05, 0.1) is 6.67 Å². The van der Waals surface area contributed by atoms with Crippen LogP contribution in [0.3, 0.4) is 0 Å². The molecule has 1 aromatic rings. The number of aromatic nitrogens is 2. The van der Waals surface area contributed by atoms with Crippen LogP contribution in [0.2, 0.25) is 0 Å². The van der Waals surface area contributed by atoms with Crippen molar-refractivity contribution in [3.8, 4) is 0 Å². The number of nitrogens with two attached hydrogens (primary N) is 1. The van der Waals surface area contributed by atoms with Crippen molar-refractivity contribution in [2.45, 2.75) is 6.42 Å². The maximum Gasteiger partial charge on any atom is 1.00 e. The third kappa shape index (κ3) is 3.61. The zero-order valence-electron chi connectivity index (χ0n) is 11.9. The molecule has 19 heavy (non-hydrogen) atoms. The summed E-state index contributed by atoms with van der Waals surface area (Å²) in [4.78, 5) is 20.0. The first kappa shape index (κ1) is 16.3. The van der Waals surface area contributed by atoms with Crippen LogP contribution in [-0.4, -0.2) is 46.6 Å². The monoisotopic (exact) mass is 279 g/mol. The molecule has 6 N–H and O–H groups in total. The van der Waals surface area contributed by atoms with Gasteiger partial charge in [-0.15, -0.1) is 0 Å². The second-order valence-electron chi connectivity index (χ2n) is 4.27. The quantitative estimate of drug-likeness (QED) is 0.345. The van der Waals surface area contributed by atoms with Gasteiger partial charge >= 0.3 is 29.6 Å². The van der Waals surface area contributed by atoms with E-state index in [9.17, 15) is 4.79 Å². The summed E-state index contributed by atoms with van der Waals surface area (Å²) < 4.78 is 0. The number of H-pyrrole nitrogens is 1. The number of hydrogen-bond donors (Lipinski definition) is 5. The van der Waals surface area contributed by atoms with Crippen LogP contribution in [0.15, 0.2) is 4.79 Å². The van der Waals surface area contributed by atoms with Gasteiger partial charge < -0.3 is 27.6 Å². The Labute approximate surface area is 133 Å². The van der Waals surface area contributed by atoms with Crippen molar-refractivity contribution < 1.29 is 41.2 Å². The van der Waals surface area contributed by atoms with E-state index in [2.05, 4.69) is 15.3 Å². The van der Waals surface area contributed by atoms with E-state index < -0.39 is 0 Å². The van der Waals surface area contributed by atoms with Crippen LogP contribution >= 0.6 is 0 Å². The van der Waals surface area contributed by atoms with Gasteiger partial charge in [-0.05, 0) is 6.42 Å². The minimum atomic E-state index is -0.291. The molecule has 0 radical (unpaired) electrons. The van der Waals surface area contributed by atoms with Crippen LogP contribution in [-0.2, 0) is 0 Å².